The number of hydrogen-bond donors (Lipinski definition) is 8. The summed E-state index contributed by atoms with van der Waals surface area (Å²) in [5.41, 5.74) is 0.0475. The molecule has 1 rings (SSSR count). The van der Waals surface area contributed by atoms with E-state index in [1.807, 2.05) is 0 Å². The molecule has 9 nitrogen and oxygen atoms in total. The third-order valence-corrected chi connectivity index (χ3v) is 3.49. The van der Waals surface area contributed by atoms with Crippen molar-refractivity contribution in [3.63, 3.8) is 0 Å². The Bertz CT molecular complexity index is 503. The molecule has 0 aliphatic rings. The zero-order chi connectivity index (χ0) is 17.7. The Morgan fingerprint density at radius 2 is 1.35 bits per heavy atom. The van der Waals surface area contributed by atoms with Crippen LogP contribution < -0.4 is 0 Å². The van der Waals surface area contributed by atoms with Crippen molar-refractivity contribution in [2.24, 2.45) is 0 Å². The fourth-order valence-corrected chi connectivity index (χ4v) is 2.10. The number of phenolic OH excluding ortho intramolecular Hbond substituents is 1. The largest absolute Gasteiger partial charge is 0.508 e. The first kappa shape index (κ1) is 19.3. The van der Waals surface area contributed by atoms with E-state index in [1.54, 1.807) is 0 Å². The highest BCUT2D eigenvalue weighted by atomic mass is 16.4. The summed E-state index contributed by atoms with van der Waals surface area (Å²) in [7, 11) is 0. The minimum absolute atomic E-state index is 0.0475. The summed E-state index contributed by atoms with van der Waals surface area (Å²) in [4.78, 5) is 11.3. The molecule has 0 amide bonds. The van der Waals surface area contributed by atoms with Crippen molar-refractivity contribution in [3.8, 4) is 5.75 Å². The van der Waals surface area contributed by atoms with Gasteiger partial charge in [-0.05, 0) is 17.7 Å². The second kappa shape index (κ2) is 8.20. The summed E-state index contributed by atoms with van der Waals surface area (Å²) in [6.07, 6.45) is -9.98. The molecule has 0 bridgehead atoms. The minimum Gasteiger partial charge on any atom is -0.508 e. The van der Waals surface area contributed by atoms with Gasteiger partial charge in [-0.2, -0.15) is 0 Å². The van der Waals surface area contributed by atoms with Crippen LogP contribution in [0.1, 0.15) is 11.5 Å². The zero-order valence-electron chi connectivity index (χ0n) is 12.0. The Hall–Kier alpha value is -1.75. The Morgan fingerprint density at radius 1 is 0.870 bits per heavy atom. The van der Waals surface area contributed by atoms with Gasteiger partial charge < -0.3 is 40.9 Å². The summed E-state index contributed by atoms with van der Waals surface area (Å²) in [6, 6.07) is 4.81. The molecule has 0 aliphatic heterocycles. The first-order valence-electron chi connectivity index (χ1n) is 6.73. The second-order valence-electron chi connectivity index (χ2n) is 5.12. The Balaban J connectivity index is 2.99. The predicted molar refractivity (Wildman–Crippen MR) is 75.6 cm³/mol. The minimum atomic E-state index is -2.11. The Morgan fingerprint density at radius 3 is 1.78 bits per heavy atom. The maximum absolute atomic E-state index is 11.3. The zero-order valence-corrected chi connectivity index (χ0v) is 12.0. The van der Waals surface area contributed by atoms with Crippen molar-refractivity contribution < 1.29 is 45.6 Å². The molecule has 2 unspecified atom stereocenters. The number of carboxylic acids is 1. The number of aromatic hydroxyl groups is 1. The van der Waals surface area contributed by atoms with E-state index in [4.69, 9.17) is 5.11 Å². The number of benzene rings is 1. The smallest absolute Gasteiger partial charge is 0.313 e. The van der Waals surface area contributed by atoms with Crippen LogP contribution in [0.5, 0.6) is 5.75 Å². The fraction of sp³-hybridized carbons (Fsp3) is 0.500. The van der Waals surface area contributed by atoms with Crippen molar-refractivity contribution in [2.75, 3.05) is 6.61 Å². The third-order valence-electron chi connectivity index (χ3n) is 3.49. The molecule has 0 spiro atoms. The normalized spacial score (nSPS) is 19.4. The van der Waals surface area contributed by atoms with Gasteiger partial charge in [0.15, 0.2) is 0 Å². The van der Waals surface area contributed by atoms with Gasteiger partial charge in [-0.15, -0.1) is 0 Å². The van der Waals surface area contributed by atoms with Crippen LogP contribution in [-0.2, 0) is 4.79 Å². The molecular weight excluding hydrogens is 312 g/mol. The molecule has 6 atom stereocenters. The molecule has 23 heavy (non-hydrogen) atoms. The fourth-order valence-electron chi connectivity index (χ4n) is 2.10. The molecule has 0 radical (unpaired) electrons. The second-order valence-corrected chi connectivity index (χ2v) is 5.12. The summed E-state index contributed by atoms with van der Waals surface area (Å²) >= 11 is 0. The van der Waals surface area contributed by atoms with Crippen LogP contribution in [0.25, 0.3) is 0 Å². The van der Waals surface area contributed by atoms with Crippen LogP contribution in [-0.4, -0.2) is 83.9 Å². The summed E-state index contributed by atoms with van der Waals surface area (Å²) < 4.78 is 0. The van der Waals surface area contributed by atoms with Gasteiger partial charge in [0.25, 0.3) is 0 Å². The van der Waals surface area contributed by atoms with Crippen molar-refractivity contribution in [3.05, 3.63) is 29.8 Å². The van der Waals surface area contributed by atoms with Gasteiger partial charge in [-0.25, -0.2) is 0 Å². The first-order valence-corrected chi connectivity index (χ1v) is 6.73. The number of aliphatic carboxylic acids is 1. The number of carbonyl (C=O) groups is 1. The molecule has 0 aromatic heterocycles. The average molecular weight is 332 g/mol. The Kier molecular flexibility index (Phi) is 6.88. The van der Waals surface area contributed by atoms with Crippen LogP contribution in [0.4, 0.5) is 0 Å². The monoisotopic (exact) mass is 332 g/mol. The van der Waals surface area contributed by atoms with Crippen molar-refractivity contribution in [1.29, 1.82) is 0 Å². The van der Waals surface area contributed by atoms with Crippen LogP contribution in [0.3, 0.4) is 0 Å². The predicted octanol–water partition coefficient (Wildman–Crippen LogP) is -2.64. The lowest BCUT2D eigenvalue weighted by atomic mass is 9.86. The Labute approximate surface area is 131 Å². The van der Waals surface area contributed by atoms with Crippen molar-refractivity contribution in [2.45, 2.75) is 36.4 Å². The van der Waals surface area contributed by atoms with Gasteiger partial charge in [-0.1, -0.05) is 12.1 Å². The number of aliphatic hydroxyl groups is 6. The molecular formula is C14H20O9. The highest BCUT2D eigenvalue weighted by molar-refractivity contribution is 5.77. The molecule has 1 aromatic carbocycles. The molecule has 0 saturated carbocycles. The van der Waals surface area contributed by atoms with Crippen LogP contribution in [0, 0.1) is 0 Å². The third kappa shape index (κ3) is 4.61. The molecule has 1 aromatic rings. The van der Waals surface area contributed by atoms with Gasteiger partial charge in [0.1, 0.15) is 36.1 Å². The van der Waals surface area contributed by atoms with Gasteiger partial charge in [-0.3, -0.25) is 4.79 Å². The molecule has 0 fully saturated rings. The van der Waals surface area contributed by atoms with E-state index in [2.05, 4.69) is 0 Å². The molecule has 130 valence electrons. The van der Waals surface area contributed by atoms with E-state index in [9.17, 15) is 40.5 Å². The quantitative estimate of drug-likeness (QED) is 0.252. The highest BCUT2D eigenvalue weighted by Gasteiger charge is 2.40. The number of rotatable bonds is 8. The molecule has 0 heterocycles. The topological polar surface area (TPSA) is 179 Å². The molecule has 8 N–H and O–H groups in total. The average Bonchev–Trinajstić information content (AvgIpc) is 2.53. The van der Waals surface area contributed by atoms with Crippen molar-refractivity contribution in [1.82, 2.24) is 0 Å². The standard InChI is InChI=1S/C14H20O9/c15-5-8(17)10(18)12(20)13(21)11(19)9(14(22)23)6-1-3-7(16)4-2-6/h1-4,8-13,15-21H,5H2,(H,22,23)/t8-,9?,10+,11?,12-,13+/m0/s1. The number of carboxylic acid groups (broad SMARTS) is 1. The molecule has 0 saturated heterocycles. The highest BCUT2D eigenvalue weighted by Crippen LogP contribution is 2.26. The summed E-state index contributed by atoms with van der Waals surface area (Å²) in [5, 5.41) is 75.5. The summed E-state index contributed by atoms with van der Waals surface area (Å²) in [5.74, 6) is -3.29. The van der Waals surface area contributed by atoms with E-state index < -0.39 is 49.0 Å². The number of aliphatic hydroxyl groups excluding tert-OH is 6. The van der Waals surface area contributed by atoms with Gasteiger partial charge in [0, 0.05) is 0 Å². The van der Waals surface area contributed by atoms with Gasteiger partial charge >= 0.3 is 5.97 Å². The lowest BCUT2D eigenvalue weighted by Gasteiger charge is -2.31. The molecule has 0 aliphatic carbocycles. The SMILES string of the molecule is O=C(O)C(c1ccc(O)cc1)C(O)[C@@H](O)[C@@H](O)[C@H](O)[C@@H](O)CO. The van der Waals surface area contributed by atoms with Crippen molar-refractivity contribution >= 4 is 5.97 Å². The van der Waals surface area contributed by atoms with E-state index in [-0.39, 0.29) is 11.3 Å². The van der Waals surface area contributed by atoms with E-state index in [1.165, 1.54) is 24.3 Å². The first-order chi connectivity index (χ1) is 10.7. The van der Waals surface area contributed by atoms with E-state index in [0.717, 1.165) is 0 Å². The number of phenols is 1. The summed E-state index contributed by atoms with van der Waals surface area (Å²) in [6.45, 7) is -0.901. The van der Waals surface area contributed by atoms with Gasteiger partial charge in [0.05, 0.1) is 12.7 Å². The number of hydrogen-bond acceptors (Lipinski definition) is 8. The van der Waals surface area contributed by atoms with E-state index in [0.29, 0.717) is 0 Å². The van der Waals surface area contributed by atoms with E-state index >= 15 is 0 Å². The maximum Gasteiger partial charge on any atom is 0.313 e. The maximum atomic E-state index is 11.3. The lowest BCUT2D eigenvalue weighted by molar-refractivity contribution is -0.158. The van der Waals surface area contributed by atoms with Gasteiger partial charge in [0.2, 0.25) is 0 Å². The van der Waals surface area contributed by atoms with Crippen LogP contribution >= 0.6 is 0 Å². The van der Waals surface area contributed by atoms with Crippen LogP contribution in [0.2, 0.25) is 0 Å². The lowest BCUT2D eigenvalue weighted by Crippen LogP contribution is -2.52. The molecule has 9 heteroatoms. The van der Waals surface area contributed by atoms with Crippen LogP contribution in [0.15, 0.2) is 24.3 Å².